The van der Waals surface area contributed by atoms with E-state index in [9.17, 15) is 34.2 Å². The molecular weight excluding hydrogens is 448 g/mol. The van der Waals surface area contributed by atoms with Crippen LogP contribution >= 0.6 is 0 Å². The Morgan fingerprint density at radius 2 is 1.47 bits per heavy atom. The Bertz CT molecular complexity index is 703. The molecule has 13 nitrogen and oxygen atoms in total. The lowest BCUT2D eigenvalue weighted by Crippen LogP contribution is -2.59. The quantitative estimate of drug-likeness (QED) is 0.102. The Labute approximate surface area is 199 Å². The highest BCUT2D eigenvalue weighted by molar-refractivity contribution is 5.94. The molecule has 0 aliphatic rings. The number of carbonyl (C=O) groups is 5. The van der Waals surface area contributed by atoms with Gasteiger partial charge in [0.15, 0.2) is 0 Å². The summed E-state index contributed by atoms with van der Waals surface area (Å²) in [5.41, 5.74) is 16.2. The average molecular weight is 489 g/mol. The first-order valence-corrected chi connectivity index (χ1v) is 11.4. The van der Waals surface area contributed by atoms with Crippen molar-refractivity contribution >= 4 is 29.6 Å². The van der Waals surface area contributed by atoms with Crippen molar-refractivity contribution in [1.29, 1.82) is 0 Å². The summed E-state index contributed by atoms with van der Waals surface area (Å²) < 4.78 is 0. The van der Waals surface area contributed by atoms with Crippen LogP contribution < -0.4 is 33.2 Å². The average Bonchev–Trinajstić information content (AvgIpc) is 2.77. The van der Waals surface area contributed by atoms with Crippen molar-refractivity contribution in [2.45, 2.75) is 89.6 Å². The Morgan fingerprint density at radius 3 is 1.94 bits per heavy atom. The van der Waals surface area contributed by atoms with E-state index >= 15 is 0 Å². The van der Waals surface area contributed by atoms with Crippen molar-refractivity contribution in [3.63, 3.8) is 0 Å². The Morgan fingerprint density at radius 1 is 0.882 bits per heavy atom. The highest BCUT2D eigenvalue weighted by Gasteiger charge is 2.33. The van der Waals surface area contributed by atoms with Crippen LogP contribution in [-0.4, -0.2) is 76.6 Å². The minimum absolute atomic E-state index is 0.202. The highest BCUT2D eigenvalue weighted by Crippen LogP contribution is 2.11. The fraction of sp³-hybridized carbons (Fsp3) is 0.762. The summed E-state index contributed by atoms with van der Waals surface area (Å²) >= 11 is 0. The van der Waals surface area contributed by atoms with E-state index < -0.39 is 59.9 Å². The lowest BCUT2D eigenvalue weighted by atomic mass is 9.96. The van der Waals surface area contributed by atoms with Crippen LogP contribution in [0.2, 0.25) is 0 Å². The monoisotopic (exact) mass is 488 g/mol. The summed E-state index contributed by atoms with van der Waals surface area (Å²) in [5.74, 6) is -4.57. The molecule has 0 aromatic carbocycles. The number of nitrogens with two attached hydrogens (primary N) is 3. The molecule has 0 aromatic rings. The van der Waals surface area contributed by atoms with E-state index in [0.717, 1.165) is 0 Å². The van der Waals surface area contributed by atoms with Crippen molar-refractivity contribution in [1.82, 2.24) is 16.0 Å². The molecule has 0 radical (unpaired) electrons. The van der Waals surface area contributed by atoms with Crippen molar-refractivity contribution in [2.24, 2.45) is 23.1 Å². The molecule has 0 aliphatic heterocycles. The molecule has 0 saturated heterocycles. The molecule has 0 aromatic heterocycles. The van der Waals surface area contributed by atoms with E-state index in [1.54, 1.807) is 13.8 Å². The fourth-order valence-electron chi connectivity index (χ4n) is 3.01. The van der Waals surface area contributed by atoms with Gasteiger partial charge in [-0.25, -0.2) is 4.79 Å². The third-order valence-corrected chi connectivity index (χ3v) is 5.49. The van der Waals surface area contributed by atoms with Crippen molar-refractivity contribution in [3.8, 4) is 0 Å². The van der Waals surface area contributed by atoms with Gasteiger partial charge in [0.1, 0.15) is 24.2 Å². The van der Waals surface area contributed by atoms with E-state index in [-0.39, 0.29) is 25.2 Å². The van der Waals surface area contributed by atoms with Gasteiger partial charge in [0.25, 0.3) is 0 Å². The molecular formula is C21H40N6O7. The van der Waals surface area contributed by atoms with Crippen molar-refractivity contribution in [2.75, 3.05) is 6.54 Å². The minimum Gasteiger partial charge on any atom is -0.480 e. The summed E-state index contributed by atoms with van der Waals surface area (Å²) in [6.45, 7) is 5.22. The minimum atomic E-state index is -1.37. The van der Waals surface area contributed by atoms with Crippen LogP contribution in [0.1, 0.15) is 59.3 Å². The second kappa shape index (κ2) is 16.0. The molecule has 0 heterocycles. The fourth-order valence-corrected chi connectivity index (χ4v) is 3.01. The van der Waals surface area contributed by atoms with Crippen LogP contribution in [-0.2, 0) is 24.0 Å². The zero-order chi connectivity index (χ0) is 26.4. The third-order valence-electron chi connectivity index (χ3n) is 5.49. The van der Waals surface area contributed by atoms with Crippen molar-refractivity contribution in [3.05, 3.63) is 0 Å². The van der Waals surface area contributed by atoms with Gasteiger partial charge < -0.3 is 43.4 Å². The molecule has 0 bridgehead atoms. The number of carbonyl (C=O) groups excluding carboxylic acids is 4. The lowest BCUT2D eigenvalue weighted by Gasteiger charge is -2.28. The molecule has 196 valence electrons. The number of aliphatic hydroxyl groups is 1. The van der Waals surface area contributed by atoms with Crippen LogP contribution in [0.15, 0.2) is 0 Å². The molecule has 0 saturated carbocycles. The number of carboxylic acid groups (broad SMARTS) is 1. The number of aliphatic carboxylic acids is 1. The van der Waals surface area contributed by atoms with Crippen LogP contribution in [0, 0.1) is 5.92 Å². The third kappa shape index (κ3) is 11.4. The molecule has 0 rings (SSSR count). The van der Waals surface area contributed by atoms with E-state index in [1.807, 2.05) is 0 Å². The Hall–Kier alpha value is -2.77. The standard InChI is InChI=1S/C21H40N6O7/c1-4-11(2)17(20(32)26-14(21(33)34)8-9-15(23)29)27-18(30)13(7-5-6-10-22)25-19(31)16(24)12(3)28/h11-14,16-17,28H,4-10,22,24H2,1-3H3,(H2,23,29)(H,25,31)(H,26,32)(H,27,30)(H,33,34). The maximum Gasteiger partial charge on any atom is 0.326 e. The van der Waals surface area contributed by atoms with Crippen LogP contribution in [0.5, 0.6) is 0 Å². The van der Waals surface area contributed by atoms with E-state index in [4.69, 9.17) is 17.2 Å². The summed E-state index contributed by atoms with van der Waals surface area (Å²) in [6.07, 6.45) is 0.217. The smallest absolute Gasteiger partial charge is 0.326 e. The van der Waals surface area contributed by atoms with Gasteiger partial charge >= 0.3 is 5.97 Å². The molecule has 13 heteroatoms. The van der Waals surface area contributed by atoms with Gasteiger partial charge in [0, 0.05) is 6.42 Å². The maximum atomic E-state index is 13.0. The molecule has 34 heavy (non-hydrogen) atoms. The number of hydrogen-bond acceptors (Lipinski definition) is 8. The van der Waals surface area contributed by atoms with Gasteiger partial charge in [-0.2, -0.15) is 0 Å². The number of hydrogen-bond donors (Lipinski definition) is 8. The second-order valence-electron chi connectivity index (χ2n) is 8.39. The predicted molar refractivity (Wildman–Crippen MR) is 124 cm³/mol. The number of nitrogens with one attached hydrogen (secondary N) is 3. The van der Waals surface area contributed by atoms with Gasteiger partial charge in [-0.15, -0.1) is 0 Å². The van der Waals surface area contributed by atoms with Crippen LogP contribution in [0.25, 0.3) is 0 Å². The van der Waals surface area contributed by atoms with Gasteiger partial charge in [0.2, 0.25) is 23.6 Å². The number of primary amides is 1. The van der Waals surface area contributed by atoms with E-state index in [0.29, 0.717) is 25.8 Å². The Kier molecular flexibility index (Phi) is 14.7. The summed E-state index contributed by atoms with van der Waals surface area (Å²) in [6, 6.07) is -4.77. The molecule has 11 N–H and O–H groups in total. The van der Waals surface area contributed by atoms with Gasteiger partial charge in [-0.05, 0) is 45.1 Å². The van der Waals surface area contributed by atoms with E-state index in [2.05, 4.69) is 16.0 Å². The molecule has 6 atom stereocenters. The second-order valence-corrected chi connectivity index (χ2v) is 8.39. The van der Waals surface area contributed by atoms with Crippen molar-refractivity contribution < 1.29 is 34.2 Å². The first-order chi connectivity index (χ1) is 15.8. The highest BCUT2D eigenvalue weighted by atomic mass is 16.4. The molecule has 0 aliphatic carbocycles. The topological polar surface area (TPSA) is 240 Å². The zero-order valence-corrected chi connectivity index (χ0v) is 20.1. The Balaban J connectivity index is 5.56. The molecule has 4 amide bonds. The first kappa shape index (κ1) is 31.2. The van der Waals surface area contributed by atoms with E-state index in [1.165, 1.54) is 6.92 Å². The number of amides is 4. The van der Waals surface area contributed by atoms with Gasteiger partial charge in [-0.3, -0.25) is 19.2 Å². The summed E-state index contributed by atoms with van der Waals surface area (Å²) in [5, 5.41) is 26.3. The SMILES string of the molecule is CCC(C)C(NC(=O)C(CCCCN)NC(=O)C(N)C(C)O)C(=O)NC(CCC(N)=O)C(=O)O. The molecule has 0 spiro atoms. The number of unbranched alkanes of at least 4 members (excludes halogenated alkanes) is 1. The van der Waals surface area contributed by atoms with Gasteiger partial charge in [0.05, 0.1) is 6.10 Å². The number of aliphatic hydroxyl groups excluding tert-OH is 1. The normalized spacial score (nSPS) is 16.3. The zero-order valence-electron chi connectivity index (χ0n) is 20.1. The maximum absolute atomic E-state index is 13.0. The predicted octanol–water partition coefficient (Wildman–Crippen LogP) is -2.33. The van der Waals surface area contributed by atoms with Crippen LogP contribution in [0.3, 0.4) is 0 Å². The molecule has 0 fully saturated rings. The summed E-state index contributed by atoms with van der Waals surface area (Å²) in [7, 11) is 0. The largest absolute Gasteiger partial charge is 0.480 e. The van der Waals surface area contributed by atoms with Gasteiger partial charge in [-0.1, -0.05) is 20.3 Å². The number of rotatable bonds is 17. The van der Waals surface area contributed by atoms with Crippen LogP contribution in [0.4, 0.5) is 0 Å². The first-order valence-electron chi connectivity index (χ1n) is 11.4. The summed E-state index contributed by atoms with van der Waals surface area (Å²) in [4.78, 5) is 60.7. The molecule has 6 unspecified atom stereocenters. The lowest BCUT2D eigenvalue weighted by molar-refractivity contribution is -0.143. The number of carboxylic acids is 1.